The zero-order chi connectivity index (χ0) is 16.1. The van der Waals surface area contributed by atoms with Gasteiger partial charge in [-0.3, -0.25) is 4.79 Å². The predicted octanol–water partition coefficient (Wildman–Crippen LogP) is 4.40. The molecule has 1 saturated heterocycles. The number of rotatable bonds is 4. The minimum absolute atomic E-state index is 0.141. The quantitative estimate of drug-likeness (QED) is 0.837. The Morgan fingerprint density at radius 3 is 2.43 bits per heavy atom. The number of amides is 1. The summed E-state index contributed by atoms with van der Waals surface area (Å²) in [5.41, 5.74) is 0. The summed E-state index contributed by atoms with van der Waals surface area (Å²) in [6, 6.07) is 14.2. The van der Waals surface area contributed by atoms with Crippen molar-refractivity contribution in [2.45, 2.75) is 45.1 Å². The number of carbonyl (C=O) groups excluding carboxylic acids is 1. The first-order chi connectivity index (χ1) is 11.3. The predicted molar refractivity (Wildman–Crippen MR) is 93.7 cm³/mol. The number of nitrogens with zero attached hydrogens (tertiary/aromatic N) is 1. The summed E-state index contributed by atoms with van der Waals surface area (Å²) in [7, 11) is 0. The Balaban J connectivity index is 1.73. The number of benzene rings is 2. The number of hydrogen-bond donors (Lipinski definition) is 0. The summed E-state index contributed by atoms with van der Waals surface area (Å²) in [5, 5.41) is 2.33. The van der Waals surface area contributed by atoms with E-state index >= 15 is 0 Å². The third-order valence-electron chi connectivity index (χ3n) is 4.56. The molecular formula is C20H25NO2. The lowest BCUT2D eigenvalue weighted by molar-refractivity contribution is -0.138. The fourth-order valence-corrected chi connectivity index (χ4v) is 3.21. The molecule has 0 spiro atoms. The van der Waals surface area contributed by atoms with Crippen LogP contribution in [0.3, 0.4) is 0 Å². The van der Waals surface area contributed by atoms with Crippen LogP contribution >= 0.6 is 0 Å². The van der Waals surface area contributed by atoms with Crippen LogP contribution in [-0.4, -0.2) is 30.0 Å². The van der Waals surface area contributed by atoms with E-state index in [-0.39, 0.29) is 12.0 Å². The minimum atomic E-state index is -0.380. The Morgan fingerprint density at radius 1 is 1.04 bits per heavy atom. The molecule has 1 atom stereocenters. The smallest absolute Gasteiger partial charge is 0.263 e. The molecule has 3 heteroatoms. The highest BCUT2D eigenvalue weighted by Gasteiger charge is 2.25. The average molecular weight is 311 g/mol. The first-order valence-electron chi connectivity index (χ1n) is 8.72. The molecule has 0 aromatic heterocycles. The first-order valence-corrected chi connectivity index (χ1v) is 8.72. The van der Waals surface area contributed by atoms with Gasteiger partial charge in [-0.15, -0.1) is 0 Å². The molecule has 2 aromatic carbocycles. The summed E-state index contributed by atoms with van der Waals surface area (Å²) in [6.45, 7) is 3.76. The number of likely N-dealkylation sites (tertiary alicyclic amines) is 1. The zero-order valence-electron chi connectivity index (χ0n) is 13.8. The van der Waals surface area contributed by atoms with Crippen molar-refractivity contribution in [1.82, 2.24) is 4.90 Å². The highest BCUT2D eigenvalue weighted by molar-refractivity contribution is 5.84. The van der Waals surface area contributed by atoms with Crippen LogP contribution in [0.4, 0.5) is 0 Å². The van der Waals surface area contributed by atoms with Crippen LogP contribution in [-0.2, 0) is 4.79 Å². The van der Waals surface area contributed by atoms with E-state index in [2.05, 4.69) is 12.1 Å². The van der Waals surface area contributed by atoms with Crippen molar-refractivity contribution >= 4 is 16.7 Å². The van der Waals surface area contributed by atoms with Gasteiger partial charge in [-0.05, 0) is 42.2 Å². The Hall–Kier alpha value is -2.03. The van der Waals surface area contributed by atoms with E-state index in [1.54, 1.807) is 0 Å². The molecule has 122 valence electrons. The Kier molecular flexibility index (Phi) is 5.16. The van der Waals surface area contributed by atoms with Crippen LogP contribution in [0, 0.1) is 0 Å². The Bertz CT molecular complexity index is 659. The lowest BCUT2D eigenvalue weighted by Crippen LogP contribution is -2.42. The average Bonchev–Trinajstić information content (AvgIpc) is 2.88. The lowest BCUT2D eigenvalue weighted by atomic mass is 10.1. The van der Waals surface area contributed by atoms with Crippen LogP contribution in [0.5, 0.6) is 5.75 Å². The maximum atomic E-state index is 12.8. The zero-order valence-corrected chi connectivity index (χ0v) is 13.8. The van der Waals surface area contributed by atoms with Crippen molar-refractivity contribution in [3.05, 3.63) is 42.5 Å². The van der Waals surface area contributed by atoms with Crippen LogP contribution in [0.1, 0.15) is 39.0 Å². The second-order valence-corrected chi connectivity index (χ2v) is 6.26. The first kappa shape index (κ1) is 15.9. The molecular weight excluding hydrogens is 286 g/mol. The van der Waals surface area contributed by atoms with Gasteiger partial charge in [-0.2, -0.15) is 0 Å². The van der Waals surface area contributed by atoms with E-state index in [4.69, 9.17) is 4.74 Å². The van der Waals surface area contributed by atoms with Gasteiger partial charge in [0.25, 0.3) is 5.91 Å². The van der Waals surface area contributed by atoms with Crippen LogP contribution < -0.4 is 4.74 Å². The molecule has 1 heterocycles. The molecule has 0 radical (unpaired) electrons. The molecule has 0 N–H and O–H groups in total. The van der Waals surface area contributed by atoms with Gasteiger partial charge in [0.05, 0.1) is 0 Å². The third-order valence-corrected chi connectivity index (χ3v) is 4.56. The van der Waals surface area contributed by atoms with Gasteiger partial charge in [-0.1, -0.05) is 50.1 Å². The summed E-state index contributed by atoms with van der Waals surface area (Å²) >= 11 is 0. The molecule has 1 aliphatic rings. The largest absolute Gasteiger partial charge is 0.481 e. The van der Waals surface area contributed by atoms with E-state index in [9.17, 15) is 4.79 Å². The molecule has 0 saturated carbocycles. The molecule has 23 heavy (non-hydrogen) atoms. The van der Waals surface area contributed by atoms with Crippen LogP contribution in [0.25, 0.3) is 10.8 Å². The van der Waals surface area contributed by atoms with E-state index in [0.29, 0.717) is 6.42 Å². The van der Waals surface area contributed by atoms with E-state index < -0.39 is 0 Å². The summed E-state index contributed by atoms with van der Waals surface area (Å²) in [6.07, 6.45) is 4.99. The van der Waals surface area contributed by atoms with Gasteiger partial charge >= 0.3 is 0 Å². The van der Waals surface area contributed by atoms with Gasteiger partial charge < -0.3 is 9.64 Å². The maximum Gasteiger partial charge on any atom is 0.263 e. The van der Waals surface area contributed by atoms with Crippen molar-refractivity contribution in [3.63, 3.8) is 0 Å². The highest BCUT2D eigenvalue weighted by Crippen LogP contribution is 2.23. The standard InChI is InChI=1S/C20H25NO2/c1-2-19(20(22)21-13-7-3-4-8-14-21)23-18-12-11-16-9-5-6-10-17(16)15-18/h5-6,9-12,15,19H,2-4,7-8,13-14H2,1H3/t19-/m0/s1. The molecule has 3 nitrogen and oxygen atoms in total. The second kappa shape index (κ2) is 7.49. The fraction of sp³-hybridized carbons (Fsp3) is 0.450. The van der Waals surface area contributed by atoms with E-state index in [1.807, 2.05) is 42.2 Å². The molecule has 1 amide bonds. The Morgan fingerprint density at radius 2 is 1.74 bits per heavy atom. The topological polar surface area (TPSA) is 29.5 Å². The third kappa shape index (κ3) is 3.84. The lowest BCUT2D eigenvalue weighted by Gasteiger charge is -2.26. The molecule has 2 aromatic rings. The SMILES string of the molecule is CC[C@H](Oc1ccc2ccccc2c1)C(=O)N1CCCCCC1. The molecule has 0 bridgehead atoms. The number of hydrogen-bond acceptors (Lipinski definition) is 2. The van der Waals surface area contributed by atoms with Crippen molar-refractivity contribution in [2.24, 2.45) is 0 Å². The monoisotopic (exact) mass is 311 g/mol. The Labute approximate surface area is 138 Å². The van der Waals surface area contributed by atoms with Crippen molar-refractivity contribution < 1.29 is 9.53 Å². The van der Waals surface area contributed by atoms with E-state index in [1.165, 1.54) is 18.2 Å². The van der Waals surface area contributed by atoms with Crippen molar-refractivity contribution in [1.29, 1.82) is 0 Å². The highest BCUT2D eigenvalue weighted by atomic mass is 16.5. The number of carbonyl (C=O) groups is 1. The van der Waals surface area contributed by atoms with Gasteiger partial charge in [0.1, 0.15) is 5.75 Å². The van der Waals surface area contributed by atoms with Crippen LogP contribution in [0.15, 0.2) is 42.5 Å². The molecule has 0 aliphatic carbocycles. The molecule has 1 aliphatic heterocycles. The van der Waals surface area contributed by atoms with Gasteiger partial charge in [0, 0.05) is 13.1 Å². The number of ether oxygens (including phenoxy) is 1. The molecule has 0 unspecified atom stereocenters. The maximum absolute atomic E-state index is 12.8. The fourth-order valence-electron chi connectivity index (χ4n) is 3.21. The number of fused-ring (bicyclic) bond motifs is 1. The second-order valence-electron chi connectivity index (χ2n) is 6.26. The van der Waals surface area contributed by atoms with Crippen molar-refractivity contribution in [3.8, 4) is 5.75 Å². The minimum Gasteiger partial charge on any atom is -0.481 e. The van der Waals surface area contributed by atoms with Gasteiger partial charge in [0.15, 0.2) is 6.10 Å². The summed E-state index contributed by atoms with van der Waals surface area (Å²) in [5.74, 6) is 0.918. The molecule has 3 rings (SSSR count). The van der Waals surface area contributed by atoms with Gasteiger partial charge in [0.2, 0.25) is 0 Å². The van der Waals surface area contributed by atoms with Crippen LogP contribution in [0.2, 0.25) is 0 Å². The van der Waals surface area contributed by atoms with E-state index in [0.717, 1.165) is 37.1 Å². The van der Waals surface area contributed by atoms with Crippen molar-refractivity contribution in [2.75, 3.05) is 13.1 Å². The van der Waals surface area contributed by atoms with Gasteiger partial charge in [-0.25, -0.2) is 0 Å². The normalized spacial score (nSPS) is 16.8. The summed E-state index contributed by atoms with van der Waals surface area (Å²) < 4.78 is 6.04. The summed E-state index contributed by atoms with van der Waals surface area (Å²) in [4.78, 5) is 14.7. The molecule has 1 fully saturated rings.